The first-order chi connectivity index (χ1) is 21.8. The molecule has 0 bridgehead atoms. The summed E-state index contributed by atoms with van der Waals surface area (Å²) in [5.41, 5.74) is 3.75. The first kappa shape index (κ1) is 28.7. The molecular weight excluding hydrogens is 617 g/mol. The summed E-state index contributed by atoms with van der Waals surface area (Å²) in [4.78, 5) is 0. The number of phenolic OH excluding ortho intramolecular Hbond substituents is 1. The molecule has 8 aromatic rings. The molecule has 2 aromatic heterocycles. The molecule has 45 heavy (non-hydrogen) atoms. The highest BCUT2D eigenvalue weighted by atomic mass is 35.5. The molecule has 0 fully saturated rings. The molecule has 0 radical (unpaired) electrons. The molecule has 0 spiro atoms. The van der Waals surface area contributed by atoms with E-state index in [-0.39, 0.29) is 17.1 Å². The van der Waals surface area contributed by atoms with Crippen LogP contribution >= 0.6 is 23.2 Å². The molecule has 222 valence electrons. The summed E-state index contributed by atoms with van der Waals surface area (Å²) in [6.45, 7) is 0. The molecule has 2 heterocycles. The molecule has 8 heteroatoms. The van der Waals surface area contributed by atoms with Crippen LogP contribution in [0.15, 0.2) is 118 Å². The van der Waals surface area contributed by atoms with Gasteiger partial charge in [-0.15, -0.1) is 0 Å². The van der Waals surface area contributed by atoms with Gasteiger partial charge in [0.1, 0.15) is 45.5 Å². The fourth-order valence-corrected chi connectivity index (χ4v) is 5.96. The van der Waals surface area contributed by atoms with Gasteiger partial charge in [-0.2, -0.15) is 0 Å². The number of furan rings is 2. The second kappa shape index (κ2) is 11.5. The Morgan fingerprint density at radius 3 is 1.62 bits per heavy atom. The molecule has 8 rings (SSSR count). The average molecular weight is 639 g/mol. The quantitative estimate of drug-likeness (QED) is 0.209. The molecule has 6 aromatic carbocycles. The molecule has 0 amide bonds. The lowest BCUT2D eigenvalue weighted by atomic mass is 10.0. The van der Waals surface area contributed by atoms with E-state index in [0.29, 0.717) is 49.2 Å². The third-order valence-corrected chi connectivity index (χ3v) is 8.12. The summed E-state index contributed by atoms with van der Waals surface area (Å²) in [5, 5.41) is 14.5. The normalized spacial score (nSPS) is 11.3. The summed E-state index contributed by atoms with van der Waals surface area (Å²) in [6, 6.07) is 31.0. The standard InChI is InChI=1S/C19H12ClFO2.C18H10ClFO2/c1-22-16-9-6-11(20)10-14(16)18-15(21)8-7-13-12-4-2-3-5-17(12)23-19(13)18;19-10-5-8-15(21)13(9-10)17-14(20)7-6-12-11-3-1-2-4-16(11)22-18(12)17/h2-10H,1H3;1-9,21H. The van der Waals surface area contributed by atoms with Gasteiger partial charge in [-0.1, -0.05) is 59.6 Å². The Labute approximate surface area is 265 Å². The maximum Gasteiger partial charge on any atom is 0.146 e. The van der Waals surface area contributed by atoms with E-state index in [1.54, 1.807) is 43.5 Å². The van der Waals surface area contributed by atoms with Crippen molar-refractivity contribution in [3.05, 3.63) is 131 Å². The SMILES string of the molecule is COc1ccc(Cl)cc1-c1c(F)ccc2c1oc1ccccc12.Oc1ccc(Cl)cc1-c1c(F)ccc2c1oc1ccccc12. The van der Waals surface area contributed by atoms with Crippen LogP contribution in [0.4, 0.5) is 8.78 Å². The van der Waals surface area contributed by atoms with Crippen LogP contribution < -0.4 is 4.74 Å². The first-order valence-corrected chi connectivity index (χ1v) is 14.6. The summed E-state index contributed by atoms with van der Waals surface area (Å²) in [6.07, 6.45) is 0. The van der Waals surface area contributed by atoms with Crippen molar-refractivity contribution < 1.29 is 27.5 Å². The van der Waals surface area contributed by atoms with Crippen molar-refractivity contribution in [3.8, 4) is 33.8 Å². The first-order valence-electron chi connectivity index (χ1n) is 13.9. The van der Waals surface area contributed by atoms with Crippen molar-refractivity contribution in [1.82, 2.24) is 0 Å². The summed E-state index contributed by atoms with van der Waals surface area (Å²) in [5.74, 6) is -0.348. The van der Waals surface area contributed by atoms with Crippen LogP contribution in [-0.2, 0) is 0 Å². The van der Waals surface area contributed by atoms with Crippen LogP contribution in [0.5, 0.6) is 11.5 Å². The third kappa shape index (κ3) is 5.02. The topological polar surface area (TPSA) is 55.7 Å². The average Bonchev–Trinajstić information content (AvgIpc) is 3.61. The van der Waals surface area contributed by atoms with E-state index in [1.165, 1.54) is 24.3 Å². The van der Waals surface area contributed by atoms with Gasteiger partial charge < -0.3 is 18.7 Å². The van der Waals surface area contributed by atoms with Crippen molar-refractivity contribution in [2.45, 2.75) is 0 Å². The van der Waals surface area contributed by atoms with Gasteiger partial charge in [0.2, 0.25) is 0 Å². The zero-order valence-electron chi connectivity index (χ0n) is 23.6. The number of fused-ring (bicyclic) bond motifs is 6. The summed E-state index contributed by atoms with van der Waals surface area (Å²) < 4.78 is 46.2. The Morgan fingerprint density at radius 2 is 1.07 bits per heavy atom. The predicted molar refractivity (Wildman–Crippen MR) is 176 cm³/mol. The van der Waals surface area contributed by atoms with E-state index < -0.39 is 5.82 Å². The van der Waals surface area contributed by atoms with Crippen molar-refractivity contribution >= 4 is 67.1 Å². The maximum absolute atomic E-state index is 14.6. The van der Waals surface area contributed by atoms with E-state index in [0.717, 1.165) is 27.1 Å². The number of ether oxygens (including phenoxy) is 1. The van der Waals surface area contributed by atoms with Gasteiger partial charge in [0.25, 0.3) is 0 Å². The highest BCUT2D eigenvalue weighted by molar-refractivity contribution is 6.31. The van der Waals surface area contributed by atoms with Gasteiger partial charge in [0, 0.05) is 42.7 Å². The third-order valence-electron chi connectivity index (χ3n) is 7.65. The number of halogens is 4. The number of rotatable bonds is 3. The number of para-hydroxylation sites is 2. The van der Waals surface area contributed by atoms with Gasteiger partial charge in [0.05, 0.1) is 18.2 Å². The van der Waals surface area contributed by atoms with Crippen molar-refractivity contribution in [2.24, 2.45) is 0 Å². The molecule has 0 aliphatic heterocycles. The zero-order valence-corrected chi connectivity index (χ0v) is 25.1. The summed E-state index contributed by atoms with van der Waals surface area (Å²) in [7, 11) is 1.55. The van der Waals surface area contributed by atoms with Crippen LogP contribution in [-0.4, -0.2) is 12.2 Å². The Balaban J connectivity index is 0.000000145. The molecular formula is C37H22Cl2F2O4. The Hall–Kier alpha value is -5.04. The van der Waals surface area contributed by atoms with E-state index in [2.05, 4.69) is 0 Å². The Morgan fingerprint density at radius 1 is 0.578 bits per heavy atom. The number of methoxy groups -OCH3 is 1. The van der Waals surface area contributed by atoms with Gasteiger partial charge in [-0.3, -0.25) is 0 Å². The summed E-state index contributed by atoms with van der Waals surface area (Å²) >= 11 is 12.1. The lowest BCUT2D eigenvalue weighted by molar-refractivity contribution is 0.416. The zero-order chi connectivity index (χ0) is 31.2. The van der Waals surface area contributed by atoms with E-state index >= 15 is 0 Å². The van der Waals surface area contributed by atoms with E-state index in [9.17, 15) is 13.9 Å². The maximum atomic E-state index is 14.6. The second-order valence-corrected chi connectivity index (χ2v) is 11.2. The lowest BCUT2D eigenvalue weighted by Crippen LogP contribution is -1.91. The van der Waals surface area contributed by atoms with Crippen LogP contribution in [0.2, 0.25) is 10.0 Å². The minimum Gasteiger partial charge on any atom is -0.507 e. The van der Waals surface area contributed by atoms with Gasteiger partial charge in [-0.25, -0.2) is 8.78 Å². The smallest absolute Gasteiger partial charge is 0.146 e. The van der Waals surface area contributed by atoms with Crippen molar-refractivity contribution in [1.29, 1.82) is 0 Å². The number of benzene rings is 6. The lowest BCUT2D eigenvalue weighted by Gasteiger charge is -2.10. The largest absolute Gasteiger partial charge is 0.507 e. The van der Waals surface area contributed by atoms with Gasteiger partial charge in [-0.05, 0) is 72.8 Å². The molecule has 0 atom stereocenters. The van der Waals surface area contributed by atoms with Crippen LogP contribution in [0, 0.1) is 11.6 Å². The molecule has 0 aliphatic carbocycles. The van der Waals surface area contributed by atoms with Crippen LogP contribution in [0.3, 0.4) is 0 Å². The number of hydrogen-bond donors (Lipinski definition) is 1. The monoisotopic (exact) mass is 638 g/mol. The number of hydrogen-bond acceptors (Lipinski definition) is 4. The number of aromatic hydroxyl groups is 1. The van der Waals surface area contributed by atoms with Gasteiger partial charge in [0.15, 0.2) is 0 Å². The van der Waals surface area contributed by atoms with Crippen molar-refractivity contribution in [3.63, 3.8) is 0 Å². The molecule has 0 unspecified atom stereocenters. The fourth-order valence-electron chi connectivity index (χ4n) is 5.62. The van der Waals surface area contributed by atoms with Crippen LogP contribution in [0.25, 0.3) is 66.1 Å². The highest BCUT2D eigenvalue weighted by Gasteiger charge is 2.20. The molecule has 4 nitrogen and oxygen atoms in total. The van der Waals surface area contributed by atoms with Crippen molar-refractivity contribution in [2.75, 3.05) is 7.11 Å². The van der Waals surface area contributed by atoms with E-state index in [1.807, 2.05) is 48.5 Å². The van der Waals surface area contributed by atoms with Gasteiger partial charge >= 0.3 is 0 Å². The van der Waals surface area contributed by atoms with Crippen LogP contribution in [0.1, 0.15) is 0 Å². The molecule has 0 aliphatic rings. The highest BCUT2D eigenvalue weighted by Crippen LogP contribution is 2.43. The molecule has 1 N–H and O–H groups in total. The Kier molecular flexibility index (Phi) is 7.32. The predicted octanol–water partition coefficient (Wildman–Crippen LogP) is 11.8. The minimum atomic E-state index is -0.468. The number of phenols is 1. The fraction of sp³-hybridized carbons (Fsp3) is 0.0270. The second-order valence-electron chi connectivity index (χ2n) is 10.3. The minimum absolute atomic E-state index is 0.0451. The Bertz CT molecular complexity index is 2390. The molecule has 0 saturated heterocycles. The van der Waals surface area contributed by atoms with E-state index in [4.69, 9.17) is 36.8 Å². The molecule has 0 saturated carbocycles.